The molecule has 2 atom stereocenters. The number of nitrogens with zero attached hydrogens (tertiary/aromatic N) is 1. The predicted molar refractivity (Wildman–Crippen MR) is 99.1 cm³/mol. The summed E-state index contributed by atoms with van der Waals surface area (Å²) in [6.45, 7) is -0.422. The molecule has 146 valence electrons. The van der Waals surface area contributed by atoms with Gasteiger partial charge in [0.25, 0.3) is 5.91 Å². The van der Waals surface area contributed by atoms with Crippen molar-refractivity contribution in [3.05, 3.63) is 60.6 Å². The molecular weight excluding hydrogens is 364 g/mol. The second-order valence-corrected chi connectivity index (χ2v) is 6.05. The van der Waals surface area contributed by atoms with E-state index in [2.05, 4.69) is 10.1 Å². The van der Waals surface area contributed by atoms with Crippen LogP contribution in [0.1, 0.15) is 5.76 Å². The molecule has 1 fully saturated rings. The van der Waals surface area contributed by atoms with Crippen LogP contribution in [-0.2, 0) is 19.1 Å². The summed E-state index contributed by atoms with van der Waals surface area (Å²) in [5.74, 6) is -0.195. The number of esters is 1. The minimum Gasteiger partial charge on any atom is -0.484 e. The normalized spacial score (nSPS) is 18.6. The van der Waals surface area contributed by atoms with Crippen molar-refractivity contribution >= 4 is 23.9 Å². The van der Waals surface area contributed by atoms with E-state index in [9.17, 15) is 14.4 Å². The van der Waals surface area contributed by atoms with Crippen molar-refractivity contribution in [2.45, 2.75) is 12.1 Å². The van der Waals surface area contributed by atoms with Gasteiger partial charge in [0.05, 0.1) is 19.4 Å². The SMILES string of the molecule is COC(=O)CN1C(=O)[C@@H](NC(=O)COc2ccccc2)[C@H]1/C=C/c1ccco1. The summed E-state index contributed by atoms with van der Waals surface area (Å²) in [6, 6.07) is 11.1. The topological polar surface area (TPSA) is 98.1 Å². The van der Waals surface area contributed by atoms with Crippen LogP contribution in [0, 0.1) is 0 Å². The lowest BCUT2D eigenvalue weighted by Crippen LogP contribution is -2.71. The van der Waals surface area contributed by atoms with Gasteiger partial charge in [-0.3, -0.25) is 14.4 Å². The number of amides is 2. The summed E-state index contributed by atoms with van der Waals surface area (Å²) in [6.07, 6.45) is 4.91. The summed E-state index contributed by atoms with van der Waals surface area (Å²) in [5, 5.41) is 2.65. The van der Waals surface area contributed by atoms with E-state index >= 15 is 0 Å². The van der Waals surface area contributed by atoms with Gasteiger partial charge in [-0.1, -0.05) is 24.3 Å². The Bertz CT molecular complexity index is 847. The van der Waals surface area contributed by atoms with Crippen molar-refractivity contribution < 1.29 is 28.3 Å². The molecular formula is C20H20N2O6. The summed E-state index contributed by atoms with van der Waals surface area (Å²) in [4.78, 5) is 37.5. The molecule has 0 bridgehead atoms. The van der Waals surface area contributed by atoms with Crippen molar-refractivity contribution in [1.82, 2.24) is 10.2 Å². The second kappa shape index (κ2) is 8.90. The van der Waals surface area contributed by atoms with Crippen molar-refractivity contribution in [1.29, 1.82) is 0 Å². The van der Waals surface area contributed by atoms with Crippen LogP contribution in [0.4, 0.5) is 0 Å². The number of methoxy groups -OCH3 is 1. The Kier molecular flexibility index (Phi) is 6.11. The van der Waals surface area contributed by atoms with Gasteiger partial charge in [-0.25, -0.2) is 0 Å². The standard InChI is InChI=1S/C20H20N2O6/c1-26-18(24)12-22-16(10-9-15-8-5-11-27-15)19(20(22)25)21-17(23)13-28-14-6-3-2-4-7-14/h2-11,16,19H,12-13H2,1H3,(H,21,23)/b10-9+/t16-,19+/m1/s1. The van der Waals surface area contributed by atoms with Crippen LogP contribution in [0.3, 0.4) is 0 Å². The maximum atomic E-state index is 12.4. The number of hydrogen-bond acceptors (Lipinski definition) is 6. The van der Waals surface area contributed by atoms with Gasteiger partial charge in [0.2, 0.25) is 5.91 Å². The fraction of sp³-hybridized carbons (Fsp3) is 0.250. The molecule has 1 aliphatic heterocycles. The molecule has 0 saturated carbocycles. The Balaban J connectivity index is 1.62. The minimum absolute atomic E-state index is 0.199. The van der Waals surface area contributed by atoms with Gasteiger partial charge in [0.1, 0.15) is 24.1 Å². The molecule has 0 radical (unpaired) electrons. The smallest absolute Gasteiger partial charge is 0.325 e. The van der Waals surface area contributed by atoms with E-state index < -0.39 is 24.0 Å². The first kappa shape index (κ1) is 19.2. The van der Waals surface area contributed by atoms with Gasteiger partial charge in [-0.05, 0) is 30.3 Å². The van der Waals surface area contributed by atoms with Crippen LogP contribution in [0.2, 0.25) is 0 Å². The van der Waals surface area contributed by atoms with Crippen LogP contribution in [0.15, 0.2) is 59.2 Å². The van der Waals surface area contributed by atoms with Crippen molar-refractivity contribution in [3.8, 4) is 5.75 Å². The van der Waals surface area contributed by atoms with E-state index in [1.165, 1.54) is 18.3 Å². The lowest BCUT2D eigenvalue weighted by molar-refractivity contribution is -0.158. The average molecular weight is 384 g/mol. The first-order valence-corrected chi connectivity index (χ1v) is 8.64. The number of nitrogens with one attached hydrogen (secondary N) is 1. The van der Waals surface area contributed by atoms with Gasteiger partial charge in [0.15, 0.2) is 6.61 Å². The third-order valence-corrected chi connectivity index (χ3v) is 4.21. The van der Waals surface area contributed by atoms with E-state index in [1.807, 2.05) is 6.07 Å². The number of benzene rings is 1. The van der Waals surface area contributed by atoms with Crippen LogP contribution in [0.5, 0.6) is 5.75 Å². The van der Waals surface area contributed by atoms with E-state index in [1.54, 1.807) is 48.6 Å². The molecule has 8 heteroatoms. The number of hydrogen-bond donors (Lipinski definition) is 1. The molecule has 1 aromatic heterocycles. The molecule has 0 unspecified atom stereocenters. The highest BCUT2D eigenvalue weighted by atomic mass is 16.5. The Hall–Kier alpha value is -3.55. The molecule has 0 aliphatic carbocycles. The van der Waals surface area contributed by atoms with E-state index in [4.69, 9.17) is 9.15 Å². The quantitative estimate of drug-likeness (QED) is 0.543. The molecule has 8 nitrogen and oxygen atoms in total. The van der Waals surface area contributed by atoms with Crippen LogP contribution in [0.25, 0.3) is 6.08 Å². The van der Waals surface area contributed by atoms with Gasteiger partial charge < -0.3 is 24.1 Å². The number of ether oxygens (including phenoxy) is 2. The van der Waals surface area contributed by atoms with E-state index in [0.29, 0.717) is 11.5 Å². The number of likely N-dealkylation sites (tertiary alicyclic amines) is 1. The first-order valence-electron chi connectivity index (χ1n) is 8.64. The summed E-state index contributed by atoms with van der Waals surface area (Å²) >= 11 is 0. The molecule has 1 aromatic carbocycles. The molecule has 1 N–H and O–H groups in total. The molecule has 2 aromatic rings. The highest BCUT2D eigenvalue weighted by Crippen LogP contribution is 2.22. The zero-order valence-corrected chi connectivity index (χ0v) is 15.2. The number of carbonyl (C=O) groups excluding carboxylic acids is 3. The third kappa shape index (κ3) is 4.59. The Morgan fingerprint density at radius 1 is 1.21 bits per heavy atom. The highest BCUT2D eigenvalue weighted by molar-refractivity contribution is 5.96. The number of carbonyl (C=O) groups is 3. The maximum Gasteiger partial charge on any atom is 0.325 e. The molecule has 2 amide bonds. The Labute approximate surface area is 161 Å². The van der Waals surface area contributed by atoms with Crippen LogP contribution in [-0.4, -0.2) is 55.0 Å². The predicted octanol–water partition coefficient (Wildman–Crippen LogP) is 1.24. The largest absolute Gasteiger partial charge is 0.484 e. The summed E-state index contributed by atoms with van der Waals surface area (Å²) < 4.78 is 15.2. The van der Waals surface area contributed by atoms with Crippen LogP contribution >= 0.6 is 0 Å². The Morgan fingerprint density at radius 3 is 2.68 bits per heavy atom. The van der Waals surface area contributed by atoms with Gasteiger partial charge in [-0.15, -0.1) is 0 Å². The fourth-order valence-electron chi connectivity index (χ4n) is 2.78. The first-order chi connectivity index (χ1) is 13.6. The highest BCUT2D eigenvalue weighted by Gasteiger charge is 2.47. The Morgan fingerprint density at radius 2 is 2.00 bits per heavy atom. The number of β-lactam (4-membered cyclic amide) rings is 1. The fourth-order valence-corrected chi connectivity index (χ4v) is 2.78. The maximum absolute atomic E-state index is 12.4. The molecule has 28 heavy (non-hydrogen) atoms. The average Bonchev–Trinajstić information content (AvgIpc) is 3.24. The zero-order valence-electron chi connectivity index (χ0n) is 15.2. The lowest BCUT2D eigenvalue weighted by Gasteiger charge is -2.45. The van der Waals surface area contributed by atoms with E-state index in [-0.39, 0.29) is 19.1 Å². The van der Waals surface area contributed by atoms with Crippen LogP contribution < -0.4 is 10.1 Å². The second-order valence-electron chi connectivity index (χ2n) is 6.05. The monoisotopic (exact) mass is 384 g/mol. The molecule has 0 spiro atoms. The molecule has 1 saturated heterocycles. The van der Waals surface area contributed by atoms with E-state index in [0.717, 1.165) is 0 Å². The van der Waals surface area contributed by atoms with Gasteiger partial charge in [-0.2, -0.15) is 0 Å². The van der Waals surface area contributed by atoms with Crippen molar-refractivity contribution in [2.75, 3.05) is 20.3 Å². The number of rotatable bonds is 8. The van der Waals surface area contributed by atoms with Crippen molar-refractivity contribution in [3.63, 3.8) is 0 Å². The zero-order chi connectivity index (χ0) is 19.9. The lowest BCUT2D eigenvalue weighted by atomic mass is 9.94. The minimum atomic E-state index is -0.789. The third-order valence-electron chi connectivity index (χ3n) is 4.21. The number of furan rings is 1. The van der Waals surface area contributed by atoms with Gasteiger partial charge in [0, 0.05) is 0 Å². The molecule has 3 rings (SSSR count). The summed E-state index contributed by atoms with van der Waals surface area (Å²) in [5.41, 5.74) is 0. The number of para-hydroxylation sites is 1. The summed E-state index contributed by atoms with van der Waals surface area (Å²) in [7, 11) is 1.25. The van der Waals surface area contributed by atoms with Gasteiger partial charge >= 0.3 is 5.97 Å². The molecule has 1 aliphatic rings. The molecule has 2 heterocycles. The van der Waals surface area contributed by atoms with Crippen molar-refractivity contribution in [2.24, 2.45) is 0 Å².